The molecule has 208 valence electrons. The van der Waals surface area contributed by atoms with Gasteiger partial charge in [-0.25, -0.2) is 4.79 Å². The third-order valence-electron chi connectivity index (χ3n) is 6.81. The predicted molar refractivity (Wildman–Crippen MR) is 149 cm³/mol. The Morgan fingerprint density at radius 1 is 1.15 bits per heavy atom. The lowest BCUT2D eigenvalue weighted by Gasteiger charge is -2.39. The van der Waals surface area contributed by atoms with Gasteiger partial charge in [0, 0.05) is 41.7 Å². The second kappa shape index (κ2) is 12.8. The van der Waals surface area contributed by atoms with Gasteiger partial charge in [0.1, 0.15) is 18.5 Å². The molecule has 0 amide bonds. The van der Waals surface area contributed by atoms with Gasteiger partial charge in [-0.2, -0.15) is 0 Å². The minimum atomic E-state index is -1.13. The number of ether oxygens (including phenoxy) is 2. The van der Waals surface area contributed by atoms with Crippen molar-refractivity contribution in [3.8, 4) is 5.75 Å². The summed E-state index contributed by atoms with van der Waals surface area (Å²) in [6.45, 7) is 5.29. The van der Waals surface area contributed by atoms with E-state index in [1.807, 2.05) is 44.2 Å². The van der Waals surface area contributed by atoms with E-state index in [9.17, 15) is 19.8 Å². The topological polar surface area (TPSA) is 117 Å². The number of nitrogens with one attached hydrogen (secondary N) is 2. The van der Waals surface area contributed by atoms with E-state index in [-0.39, 0.29) is 36.6 Å². The largest absolute Gasteiger partial charge is 0.491 e. The van der Waals surface area contributed by atoms with Gasteiger partial charge >= 0.3 is 5.97 Å². The van der Waals surface area contributed by atoms with Crippen molar-refractivity contribution in [3.63, 3.8) is 0 Å². The summed E-state index contributed by atoms with van der Waals surface area (Å²) in [5.74, 6) is -1.29. The number of carbonyl (C=O) groups excluding carboxylic acids is 1. The van der Waals surface area contributed by atoms with Gasteiger partial charge in [-0.15, -0.1) is 0 Å². The molecule has 1 heterocycles. The Bertz CT molecular complexity index is 1260. The molecule has 8 nitrogen and oxygen atoms in total. The smallest absolute Gasteiger partial charge is 0.334 e. The van der Waals surface area contributed by atoms with E-state index in [0.29, 0.717) is 53.5 Å². The van der Waals surface area contributed by atoms with E-state index >= 15 is 0 Å². The predicted octanol–water partition coefficient (Wildman–Crippen LogP) is 4.05. The van der Waals surface area contributed by atoms with E-state index in [2.05, 4.69) is 10.6 Å². The maximum atomic E-state index is 13.3. The fraction of sp³-hybridized carbons (Fsp3) is 0.400. The molecule has 0 spiro atoms. The number of aliphatic carboxylic acids is 1. The van der Waals surface area contributed by atoms with Crippen molar-refractivity contribution in [3.05, 3.63) is 87.7 Å². The summed E-state index contributed by atoms with van der Waals surface area (Å²) in [4.78, 5) is 25.9. The molecule has 2 atom stereocenters. The number of hydrogen-bond donors (Lipinski definition) is 4. The molecular weight excluding hydrogens is 520 g/mol. The highest BCUT2D eigenvalue weighted by atomic mass is 35.5. The van der Waals surface area contributed by atoms with Gasteiger partial charge in [0.15, 0.2) is 5.78 Å². The molecule has 4 rings (SSSR count). The quantitative estimate of drug-likeness (QED) is 0.290. The second-order valence-electron chi connectivity index (χ2n) is 10.6. The van der Waals surface area contributed by atoms with Crippen molar-refractivity contribution in [2.24, 2.45) is 5.41 Å². The minimum absolute atomic E-state index is 0.0232. The minimum Gasteiger partial charge on any atom is -0.491 e. The molecule has 2 aromatic rings. The Labute approximate surface area is 233 Å². The summed E-state index contributed by atoms with van der Waals surface area (Å²) in [6, 6.07) is 16.3. The van der Waals surface area contributed by atoms with Crippen LogP contribution in [0.25, 0.3) is 0 Å². The van der Waals surface area contributed by atoms with Crippen molar-refractivity contribution < 1.29 is 29.3 Å². The van der Waals surface area contributed by atoms with Crippen LogP contribution >= 0.6 is 11.6 Å². The van der Waals surface area contributed by atoms with Crippen molar-refractivity contribution in [1.29, 1.82) is 0 Å². The van der Waals surface area contributed by atoms with Crippen LogP contribution in [0.4, 0.5) is 0 Å². The van der Waals surface area contributed by atoms with Crippen LogP contribution < -0.4 is 15.4 Å². The average molecular weight is 555 g/mol. The number of benzene rings is 2. The first-order valence-corrected chi connectivity index (χ1v) is 13.4. The fourth-order valence-corrected chi connectivity index (χ4v) is 5.34. The number of rotatable bonds is 12. The zero-order valence-electron chi connectivity index (χ0n) is 22.2. The highest BCUT2D eigenvalue weighted by molar-refractivity contribution is 6.31. The zero-order valence-corrected chi connectivity index (χ0v) is 23.0. The maximum absolute atomic E-state index is 13.3. The number of carboxylic acids is 1. The van der Waals surface area contributed by atoms with Crippen LogP contribution in [0, 0.1) is 5.41 Å². The molecule has 1 aliphatic heterocycles. The molecule has 2 unspecified atom stereocenters. The van der Waals surface area contributed by atoms with Gasteiger partial charge in [-0.1, -0.05) is 61.8 Å². The Balaban J connectivity index is 1.41. The molecule has 0 bridgehead atoms. The van der Waals surface area contributed by atoms with Crippen LogP contribution in [0.1, 0.15) is 38.2 Å². The van der Waals surface area contributed by atoms with E-state index < -0.39 is 18.0 Å². The number of halogens is 1. The van der Waals surface area contributed by atoms with Gasteiger partial charge in [-0.05, 0) is 35.6 Å². The van der Waals surface area contributed by atoms with Gasteiger partial charge in [0.2, 0.25) is 0 Å². The van der Waals surface area contributed by atoms with Crippen LogP contribution in [0.3, 0.4) is 0 Å². The third-order valence-corrected chi connectivity index (χ3v) is 7.15. The summed E-state index contributed by atoms with van der Waals surface area (Å²) >= 11 is 6.52. The normalized spacial score (nSPS) is 19.4. The fourth-order valence-electron chi connectivity index (χ4n) is 5.09. The molecule has 9 heteroatoms. The standard InChI is InChI=1S/C30H35ClN2O6/c1-30(2)14-23-27(25(35)15-30)26(21-10-6-7-11-22(21)31)28(29(36)37)24(33-23)18-38-13-12-32-16-19(34)17-39-20-8-4-3-5-9-20/h3-11,19,26,32-34H,12-18H2,1-2H3,(H,36,37). The second-order valence-corrected chi connectivity index (χ2v) is 11.1. The highest BCUT2D eigenvalue weighted by Gasteiger charge is 2.43. The van der Waals surface area contributed by atoms with Crippen LogP contribution in [0.5, 0.6) is 5.75 Å². The molecule has 2 aromatic carbocycles. The van der Waals surface area contributed by atoms with Crippen LogP contribution in [0.15, 0.2) is 77.1 Å². The monoisotopic (exact) mass is 554 g/mol. The van der Waals surface area contributed by atoms with E-state index in [1.54, 1.807) is 24.3 Å². The summed E-state index contributed by atoms with van der Waals surface area (Å²) in [7, 11) is 0. The summed E-state index contributed by atoms with van der Waals surface area (Å²) in [5.41, 5.74) is 2.01. The van der Waals surface area contributed by atoms with E-state index in [0.717, 1.165) is 5.70 Å². The van der Waals surface area contributed by atoms with Gasteiger partial charge in [-0.3, -0.25) is 4.79 Å². The lowest BCUT2D eigenvalue weighted by molar-refractivity contribution is -0.133. The molecule has 0 saturated carbocycles. The molecule has 2 aliphatic rings. The van der Waals surface area contributed by atoms with Gasteiger partial charge < -0.3 is 30.3 Å². The molecule has 0 aromatic heterocycles. The number of aliphatic hydroxyl groups is 1. The molecule has 4 N–H and O–H groups in total. The maximum Gasteiger partial charge on any atom is 0.334 e. The number of hydrogen-bond acceptors (Lipinski definition) is 7. The number of allylic oxidation sites excluding steroid dienone is 2. The van der Waals surface area contributed by atoms with Crippen molar-refractivity contribution >= 4 is 23.4 Å². The summed E-state index contributed by atoms with van der Waals surface area (Å²) in [5, 5.41) is 27.2. The van der Waals surface area contributed by atoms with E-state index in [4.69, 9.17) is 21.1 Å². The van der Waals surface area contributed by atoms with Crippen LogP contribution in [-0.4, -0.2) is 61.0 Å². The first kappa shape index (κ1) is 28.8. The number of carbonyl (C=O) groups is 2. The Kier molecular flexibility index (Phi) is 9.45. The number of carboxylic acid groups (broad SMARTS) is 1. The number of para-hydroxylation sites is 1. The molecule has 0 saturated heterocycles. The Hall–Kier alpha value is -3.17. The number of dihydropyridines is 1. The number of ketones is 1. The zero-order chi connectivity index (χ0) is 28.0. The highest BCUT2D eigenvalue weighted by Crippen LogP contribution is 2.47. The summed E-state index contributed by atoms with van der Waals surface area (Å²) in [6.07, 6.45) is 0.247. The molecule has 0 radical (unpaired) electrons. The van der Waals surface area contributed by atoms with Crippen molar-refractivity contribution in [2.45, 2.75) is 38.7 Å². The molecule has 0 fully saturated rings. The number of aliphatic hydroxyl groups excluding tert-OH is 1. The Morgan fingerprint density at radius 2 is 1.87 bits per heavy atom. The molecule has 39 heavy (non-hydrogen) atoms. The number of Topliss-reactive ketones (excluding diaryl/α,β-unsaturated/α-hetero) is 1. The third kappa shape index (κ3) is 7.28. The first-order chi connectivity index (χ1) is 18.7. The molecule has 1 aliphatic carbocycles. The lowest BCUT2D eigenvalue weighted by atomic mass is 9.68. The van der Waals surface area contributed by atoms with Gasteiger partial charge in [0.25, 0.3) is 0 Å². The summed E-state index contributed by atoms with van der Waals surface area (Å²) < 4.78 is 11.4. The van der Waals surface area contributed by atoms with Crippen LogP contribution in [0.2, 0.25) is 5.02 Å². The van der Waals surface area contributed by atoms with Crippen molar-refractivity contribution in [1.82, 2.24) is 10.6 Å². The Morgan fingerprint density at radius 3 is 2.59 bits per heavy atom. The van der Waals surface area contributed by atoms with Crippen molar-refractivity contribution in [2.75, 3.05) is 32.9 Å². The molecular formula is C30H35ClN2O6. The lowest BCUT2D eigenvalue weighted by Crippen LogP contribution is -2.40. The van der Waals surface area contributed by atoms with E-state index in [1.165, 1.54) is 0 Å². The average Bonchev–Trinajstić information content (AvgIpc) is 2.88. The van der Waals surface area contributed by atoms with Crippen LogP contribution in [-0.2, 0) is 14.3 Å². The first-order valence-electron chi connectivity index (χ1n) is 13.0. The SMILES string of the molecule is CC1(C)CC(=O)C2=C(C1)NC(COCCNCC(O)COc1ccccc1)=C(C(=O)O)C2c1ccccc1Cl. The van der Waals surface area contributed by atoms with Gasteiger partial charge in [0.05, 0.1) is 24.5 Å².